The average molecular weight is 255 g/mol. The third-order valence-electron chi connectivity index (χ3n) is 3.50. The number of hydrogen-bond donors (Lipinski definition) is 2. The third kappa shape index (κ3) is 3.85. The second-order valence-corrected chi connectivity index (χ2v) is 6.32. The van der Waals surface area contributed by atoms with E-state index in [4.69, 9.17) is 4.74 Å². The molecule has 2 aliphatic rings. The van der Waals surface area contributed by atoms with Crippen LogP contribution in [0.2, 0.25) is 0 Å². The Balaban J connectivity index is 1.65. The van der Waals surface area contributed by atoms with Gasteiger partial charge in [0.25, 0.3) is 0 Å². The van der Waals surface area contributed by atoms with E-state index in [0.717, 1.165) is 39.1 Å². The highest BCUT2D eigenvalue weighted by molar-refractivity contribution is 5.75. The van der Waals surface area contributed by atoms with E-state index in [1.54, 1.807) is 0 Å². The molecule has 0 aromatic rings. The van der Waals surface area contributed by atoms with Crippen LogP contribution in [0.25, 0.3) is 0 Å². The summed E-state index contributed by atoms with van der Waals surface area (Å²) in [6.07, 6.45) is 2.13. The van der Waals surface area contributed by atoms with Gasteiger partial charge >= 0.3 is 6.03 Å². The minimum atomic E-state index is -0.169. The van der Waals surface area contributed by atoms with Crippen LogP contribution in [-0.2, 0) is 4.74 Å². The molecule has 0 spiro atoms. The number of rotatable bonds is 2. The molecule has 0 radical (unpaired) electrons. The van der Waals surface area contributed by atoms with Gasteiger partial charge in [-0.1, -0.05) is 0 Å². The molecule has 0 unspecified atom stereocenters. The Morgan fingerprint density at radius 2 is 1.83 bits per heavy atom. The molecule has 104 valence electrons. The molecule has 2 N–H and O–H groups in total. The topological polar surface area (TPSA) is 53.6 Å². The smallest absolute Gasteiger partial charge is 0.315 e. The Morgan fingerprint density at radius 3 is 2.39 bits per heavy atom. The second kappa shape index (κ2) is 5.45. The van der Waals surface area contributed by atoms with Crippen molar-refractivity contribution in [3.05, 3.63) is 0 Å². The highest BCUT2D eigenvalue weighted by atomic mass is 16.5. The summed E-state index contributed by atoms with van der Waals surface area (Å²) in [5.41, 5.74) is -0.169. The summed E-state index contributed by atoms with van der Waals surface area (Å²) in [5, 5.41) is 5.96. The molecule has 2 fully saturated rings. The summed E-state index contributed by atoms with van der Waals surface area (Å²) in [7, 11) is 0. The first-order valence-corrected chi connectivity index (χ1v) is 6.84. The number of carbonyl (C=O) groups is 1. The Kier molecular flexibility index (Phi) is 4.12. The molecular weight excluding hydrogens is 230 g/mol. The van der Waals surface area contributed by atoms with Crippen LogP contribution in [0.1, 0.15) is 33.6 Å². The predicted octanol–water partition coefficient (Wildman–Crippen LogP) is 0.947. The number of nitrogens with zero attached hydrogens (tertiary/aromatic N) is 1. The van der Waals surface area contributed by atoms with Gasteiger partial charge in [-0.05, 0) is 33.6 Å². The van der Waals surface area contributed by atoms with Crippen molar-refractivity contribution in [3.63, 3.8) is 0 Å². The van der Waals surface area contributed by atoms with Crippen LogP contribution in [0.5, 0.6) is 0 Å². The van der Waals surface area contributed by atoms with E-state index < -0.39 is 0 Å². The molecule has 1 saturated heterocycles. The molecule has 1 heterocycles. The fraction of sp³-hybridized carbons (Fsp3) is 0.923. The van der Waals surface area contributed by atoms with Crippen LogP contribution in [-0.4, -0.2) is 54.9 Å². The van der Waals surface area contributed by atoms with Crippen LogP contribution >= 0.6 is 0 Å². The SMILES string of the molecule is CC(C)(C)NC(=O)NC1CC(N2CCOCC2)C1. The highest BCUT2D eigenvalue weighted by Gasteiger charge is 2.35. The minimum absolute atomic E-state index is 0.0482. The lowest BCUT2D eigenvalue weighted by Gasteiger charge is -2.44. The van der Waals surface area contributed by atoms with Gasteiger partial charge in [0.1, 0.15) is 0 Å². The molecule has 1 aliphatic carbocycles. The standard InChI is InChI=1S/C13H25N3O2/c1-13(2,3)15-12(17)14-10-8-11(9-10)16-4-6-18-7-5-16/h10-11H,4-9H2,1-3H3,(H2,14,15,17). The van der Waals surface area contributed by atoms with Gasteiger partial charge in [0.15, 0.2) is 0 Å². The summed E-state index contributed by atoms with van der Waals surface area (Å²) >= 11 is 0. The van der Waals surface area contributed by atoms with E-state index in [9.17, 15) is 4.79 Å². The molecule has 1 saturated carbocycles. The zero-order valence-electron chi connectivity index (χ0n) is 11.7. The minimum Gasteiger partial charge on any atom is -0.379 e. The lowest BCUT2D eigenvalue weighted by Crippen LogP contribution is -2.58. The average Bonchev–Trinajstić information content (AvgIpc) is 2.21. The molecule has 18 heavy (non-hydrogen) atoms. The molecule has 5 heteroatoms. The Hall–Kier alpha value is -0.810. The summed E-state index contributed by atoms with van der Waals surface area (Å²) in [6, 6.07) is 0.918. The summed E-state index contributed by atoms with van der Waals surface area (Å²) < 4.78 is 5.34. The Labute approximate surface area is 109 Å². The number of carbonyl (C=O) groups excluding carboxylic acids is 1. The highest BCUT2D eigenvalue weighted by Crippen LogP contribution is 2.26. The first-order valence-electron chi connectivity index (χ1n) is 6.84. The molecule has 0 aromatic carbocycles. The van der Waals surface area contributed by atoms with Crippen molar-refractivity contribution in [2.75, 3.05) is 26.3 Å². The summed E-state index contributed by atoms with van der Waals surface area (Å²) in [4.78, 5) is 14.2. The van der Waals surface area contributed by atoms with Gasteiger partial charge < -0.3 is 15.4 Å². The monoisotopic (exact) mass is 255 g/mol. The van der Waals surface area contributed by atoms with E-state index >= 15 is 0 Å². The van der Waals surface area contributed by atoms with Crippen LogP contribution in [0, 0.1) is 0 Å². The fourth-order valence-corrected chi connectivity index (χ4v) is 2.51. The second-order valence-electron chi connectivity index (χ2n) is 6.32. The van der Waals surface area contributed by atoms with Crippen molar-refractivity contribution in [2.45, 2.75) is 51.2 Å². The molecule has 5 nitrogen and oxygen atoms in total. The number of nitrogens with one attached hydrogen (secondary N) is 2. The maximum Gasteiger partial charge on any atom is 0.315 e. The molecule has 0 aromatic heterocycles. The van der Waals surface area contributed by atoms with E-state index in [1.807, 2.05) is 20.8 Å². The normalized spacial score (nSPS) is 29.5. The molecule has 2 amide bonds. The summed E-state index contributed by atoms with van der Waals surface area (Å²) in [6.45, 7) is 9.73. The van der Waals surface area contributed by atoms with E-state index in [-0.39, 0.29) is 11.6 Å². The molecule has 1 aliphatic heterocycles. The first-order chi connectivity index (χ1) is 8.44. The van der Waals surface area contributed by atoms with Crippen molar-refractivity contribution < 1.29 is 9.53 Å². The Morgan fingerprint density at radius 1 is 1.22 bits per heavy atom. The van der Waals surface area contributed by atoms with Crippen molar-refractivity contribution in [3.8, 4) is 0 Å². The van der Waals surface area contributed by atoms with E-state index in [0.29, 0.717) is 12.1 Å². The van der Waals surface area contributed by atoms with E-state index in [2.05, 4.69) is 15.5 Å². The number of morpholine rings is 1. The lowest BCUT2D eigenvalue weighted by atomic mass is 9.85. The number of amides is 2. The van der Waals surface area contributed by atoms with E-state index in [1.165, 1.54) is 0 Å². The third-order valence-corrected chi connectivity index (χ3v) is 3.50. The van der Waals surface area contributed by atoms with Crippen molar-refractivity contribution in [1.82, 2.24) is 15.5 Å². The molecule has 0 bridgehead atoms. The van der Waals surface area contributed by atoms with Gasteiger partial charge in [-0.15, -0.1) is 0 Å². The van der Waals surface area contributed by atoms with Crippen LogP contribution in [0.15, 0.2) is 0 Å². The van der Waals surface area contributed by atoms with Gasteiger partial charge in [0.2, 0.25) is 0 Å². The van der Waals surface area contributed by atoms with Crippen molar-refractivity contribution in [2.24, 2.45) is 0 Å². The fourth-order valence-electron chi connectivity index (χ4n) is 2.51. The first kappa shape index (κ1) is 13.6. The largest absolute Gasteiger partial charge is 0.379 e. The molecular formula is C13H25N3O2. The van der Waals surface area contributed by atoms with Gasteiger partial charge in [-0.2, -0.15) is 0 Å². The van der Waals surface area contributed by atoms with Crippen molar-refractivity contribution in [1.29, 1.82) is 0 Å². The van der Waals surface area contributed by atoms with Crippen LogP contribution < -0.4 is 10.6 Å². The van der Waals surface area contributed by atoms with Crippen molar-refractivity contribution >= 4 is 6.03 Å². The predicted molar refractivity (Wildman–Crippen MR) is 70.6 cm³/mol. The van der Waals surface area contributed by atoms with Gasteiger partial charge in [0.05, 0.1) is 13.2 Å². The van der Waals surface area contributed by atoms with Gasteiger partial charge in [-0.3, -0.25) is 4.90 Å². The summed E-state index contributed by atoms with van der Waals surface area (Å²) in [5.74, 6) is 0. The Bertz CT molecular complexity index is 289. The zero-order chi connectivity index (χ0) is 13.2. The van der Waals surface area contributed by atoms with Crippen LogP contribution in [0.4, 0.5) is 4.79 Å². The lowest BCUT2D eigenvalue weighted by molar-refractivity contribution is -0.00882. The van der Waals surface area contributed by atoms with Gasteiger partial charge in [0, 0.05) is 30.7 Å². The number of hydrogen-bond acceptors (Lipinski definition) is 3. The molecule has 2 rings (SSSR count). The maximum atomic E-state index is 11.7. The number of ether oxygens (including phenoxy) is 1. The van der Waals surface area contributed by atoms with Gasteiger partial charge in [-0.25, -0.2) is 4.79 Å². The zero-order valence-corrected chi connectivity index (χ0v) is 11.7. The molecule has 0 atom stereocenters. The maximum absolute atomic E-state index is 11.7. The quantitative estimate of drug-likeness (QED) is 0.772. The number of urea groups is 1. The van der Waals surface area contributed by atoms with Crippen LogP contribution in [0.3, 0.4) is 0 Å².